The first-order chi connectivity index (χ1) is 27.8. The van der Waals surface area contributed by atoms with Crippen molar-refractivity contribution in [3.05, 3.63) is 209 Å². The number of para-hydroxylation sites is 1. The van der Waals surface area contributed by atoms with Gasteiger partial charge in [0.05, 0.1) is 23.2 Å². The van der Waals surface area contributed by atoms with Crippen molar-refractivity contribution in [2.75, 3.05) is 9.80 Å². The molecule has 0 bridgehead atoms. The van der Waals surface area contributed by atoms with Crippen molar-refractivity contribution in [2.45, 2.75) is 68.5 Å². The summed E-state index contributed by atoms with van der Waals surface area (Å²) >= 11 is 0. The first kappa shape index (κ1) is 33.6. The van der Waals surface area contributed by atoms with Crippen molar-refractivity contribution in [1.82, 2.24) is 10.6 Å². The summed E-state index contributed by atoms with van der Waals surface area (Å²) in [6, 6.07) is 45.4. The number of benzene rings is 5. The van der Waals surface area contributed by atoms with Crippen molar-refractivity contribution in [3.63, 3.8) is 0 Å². The van der Waals surface area contributed by atoms with Gasteiger partial charge < -0.3 is 15.1 Å². The van der Waals surface area contributed by atoms with E-state index in [2.05, 4.69) is 196 Å². The lowest BCUT2D eigenvalue weighted by Crippen LogP contribution is -2.94. The van der Waals surface area contributed by atoms with E-state index in [0.29, 0.717) is 17.9 Å². The molecule has 3 aliphatic heterocycles. The van der Waals surface area contributed by atoms with Crippen LogP contribution in [0.4, 0.5) is 22.7 Å². The van der Waals surface area contributed by atoms with Crippen LogP contribution in [0.5, 0.6) is 0 Å². The van der Waals surface area contributed by atoms with Gasteiger partial charge in [0.1, 0.15) is 0 Å². The zero-order valence-corrected chi connectivity index (χ0v) is 31.6. The molecule has 0 radical (unpaired) electrons. The molecule has 5 nitrogen and oxygen atoms in total. The Morgan fingerprint density at radius 3 is 2.20 bits per heavy atom. The summed E-state index contributed by atoms with van der Waals surface area (Å²) in [7, 11) is 0. The average Bonchev–Trinajstić information content (AvgIpc) is 3.80. The van der Waals surface area contributed by atoms with Crippen molar-refractivity contribution in [1.29, 1.82) is 0 Å². The average molecular weight is 731 g/mol. The highest BCUT2D eigenvalue weighted by atomic mass is 15.4. The molecule has 6 atom stereocenters. The molecule has 4 N–H and O–H groups in total. The topological polar surface area (TPSA) is 47.1 Å². The summed E-state index contributed by atoms with van der Waals surface area (Å²) in [5.41, 5.74) is 16.0. The van der Waals surface area contributed by atoms with Gasteiger partial charge in [-0.1, -0.05) is 127 Å². The first-order valence-electron chi connectivity index (χ1n) is 20.6. The van der Waals surface area contributed by atoms with Crippen molar-refractivity contribution in [3.8, 4) is 0 Å². The Morgan fingerprint density at radius 2 is 1.41 bits per heavy atom. The van der Waals surface area contributed by atoms with Crippen molar-refractivity contribution < 1.29 is 5.32 Å². The number of anilines is 4. The van der Waals surface area contributed by atoms with Gasteiger partial charge in [0.2, 0.25) is 0 Å². The van der Waals surface area contributed by atoms with E-state index in [9.17, 15) is 0 Å². The highest BCUT2D eigenvalue weighted by Gasteiger charge is 2.46. The maximum absolute atomic E-state index is 3.99. The van der Waals surface area contributed by atoms with Gasteiger partial charge >= 0.3 is 0 Å². The van der Waals surface area contributed by atoms with Crippen LogP contribution >= 0.6 is 0 Å². The van der Waals surface area contributed by atoms with E-state index in [1.165, 1.54) is 73.8 Å². The molecule has 276 valence electrons. The molecular formula is C51H48N5+. The fraction of sp³-hybridized carbons (Fsp3) is 0.216. The van der Waals surface area contributed by atoms with Crippen LogP contribution in [0.15, 0.2) is 176 Å². The second-order valence-electron chi connectivity index (χ2n) is 16.0. The van der Waals surface area contributed by atoms with E-state index in [0.717, 1.165) is 25.7 Å². The maximum atomic E-state index is 3.99. The molecule has 6 unspecified atom stereocenters. The van der Waals surface area contributed by atoms with Crippen molar-refractivity contribution in [2.24, 2.45) is 0 Å². The van der Waals surface area contributed by atoms with Crippen LogP contribution in [0, 0.1) is 0 Å². The predicted molar refractivity (Wildman–Crippen MR) is 229 cm³/mol. The molecule has 0 saturated carbocycles. The molecule has 1 saturated heterocycles. The summed E-state index contributed by atoms with van der Waals surface area (Å²) in [4.78, 5) is 5.33. The Hall–Kier alpha value is -5.72. The van der Waals surface area contributed by atoms with E-state index in [-0.39, 0.29) is 18.5 Å². The van der Waals surface area contributed by atoms with Crippen LogP contribution in [0.2, 0.25) is 0 Å². The third-order valence-electron chi connectivity index (χ3n) is 12.9. The van der Waals surface area contributed by atoms with Crippen LogP contribution < -0.4 is 25.8 Å². The molecular weight excluding hydrogens is 683 g/mol. The number of hydrogen-bond donors (Lipinski definition) is 3. The number of nitrogens with two attached hydrogens (primary N) is 1. The maximum Gasteiger partial charge on any atom is 0.169 e. The minimum absolute atomic E-state index is 0.00640. The number of hydrogen-bond acceptors (Lipinski definition) is 4. The van der Waals surface area contributed by atoms with Crippen LogP contribution in [0.3, 0.4) is 0 Å². The quantitative estimate of drug-likeness (QED) is 0.152. The third kappa shape index (κ3) is 5.64. The molecule has 6 aliphatic rings. The highest BCUT2D eigenvalue weighted by molar-refractivity contribution is 5.94. The number of nitrogens with one attached hydrogen (secondary N) is 2. The van der Waals surface area contributed by atoms with Crippen molar-refractivity contribution >= 4 is 28.3 Å². The van der Waals surface area contributed by atoms with E-state index in [1.54, 1.807) is 0 Å². The van der Waals surface area contributed by atoms with Gasteiger partial charge in [0.15, 0.2) is 12.3 Å². The zero-order chi connectivity index (χ0) is 37.0. The Bertz CT molecular complexity index is 2380. The SMILES string of the molecule is C1=CCC2C(=C1)N(c1ccc(C3NC(c4ccccc4)NC(c4ccccc4)[NH2+]3)cc1C1=CCCC=C1)c1ccc3c(c12)N(c1ccccc1)C1CCC=CC31. The minimum atomic E-state index is 0.00640. The van der Waals surface area contributed by atoms with Crippen LogP contribution in [-0.2, 0) is 0 Å². The molecule has 0 aromatic heterocycles. The molecule has 56 heavy (non-hydrogen) atoms. The normalized spacial score (nSPS) is 25.9. The molecule has 1 fully saturated rings. The fourth-order valence-electron chi connectivity index (χ4n) is 10.3. The lowest BCUT2D eigenvalue weighted by molar-refractivity contribution is -0.755. The van der Waals surface area contributed by atoms with Gasteiger partial charge in [0.25, 0.3) is 0 Å². The Kier molecular flexibility index (Phi) is 8.46. The summed E-state index contributed by atoms with van der Waals surface area (Å²) in [6.07, 6.45) is 24.7. The Balaban J connectivity index is 1.05. The predicted octanol–water partition coefficient (Wildman–Crippen LogP) is 10.6. The minimum Gasteiger partial charge on any atom is -0.337 e. The van der Waals surface area contributed by atoms with Gasteiger partial charge in [-0.3, -0.25) is 0 Å². The molecule has 3 heterocycles. The molecule has 11 rings (SSSR count). The van der Waals surface area contributed by atoms with Gasteiger partial charge in [-0.2, -0.15) is 0 Å². The van der Waals surface area contributed by atoms with Crippen LogP contribution in [0.1, 0.15) is 95.8 Å². The lowest BCUT2D eigenvalue weighted by Gasteiger charge is -2.37. The molecule has 0 amide bonds. The fourth-order valence-corrected chi connectivity index (χ4v) is 10.3. The van der Waals surface area contributed by atoms with Gasteiger partial charge in [-0.15, -0.1) is 0 Å². The molecule has 0 spiro atoms. The number of rotatable bonds is 6. The molecule has 5 aromatic carbocycles. The highest BCUT2D eigenvalue weighted by Crippen LogP contribution is 2.61. The van der Waals surface area contributed by atoms with Crippen LogP contribution in [0.25, 0.3) is 5.57 Å². The number of nitrogens with zero attached hydrogens (tertiary/aromatic N) is 2. The number of quaternary nitrogens is 1. The second kappa shape index (κ2) is 14.1. The van der Waals surface area contributed by atoms with Crippen LogP contribution in [-0.4, -0.2) is 6.04 Å². The first-order valence-corrected chi connectivity index (χ1v) is 20.6. The summed E-state index contributed by atoms with van der Waals surface area (Å²) in [5, 5.41) is 10.3. The standard InChI is InChI=1S/C51H47N5/c1-5-17-34(18-6-1)42-33-37(51-53-49(35-19-7-2-8-20-35)52-50(54-51)36-21-9-3-10-22-36)29-31-45(42)56-44-28-16-14-26-41(44)47-46(56)32-30-40-39-25-13-15-27-43(39)55(48(40)47)38-23-11-4-12-24-38/h2-5,7-14,16-25,28-33,39,41,43,49-54H,1,6,15,26-27H2/p+1. The summed E-state index contributed by atoms with van der Waals surface area (Å²) in [5.74, 6) is 0.701. The summed E-state index contributed by atoms with van der Waals surface area (Å²) in [6.45, 7) is 0. The molecule has 3 aliphatic carbocycles. The van der Waals surface area contributed by atoms with Gasteiger partial charge in [0, 0.05) is 51.5 Å². The lowest BCUT2D eigenvalue weighted by atomic mass is 9.85. The number of allylic oxidation sites excluding steroid dienone is 9. The molecule has 5 heteroatoms. The van der Waals surface area contributed by atoms with E-state index < -0.39 is 0 Å². The largest absolute Gasteiger partial charge is 0.337 e. The smallest absolute Gasteiger partial charge is 0.169 e. The van der Waals surface area contributed by atoms with Gasteiger partial charge in [-0.25, -0.2) is 10.6 Å². The van der Waals surface area contributed by atoms with E-state index >= 15 is 0 Å². The summed E-state index contributed by atoms with van der Waals surface area (Å²) < 4.78 is 0. The van der Waals surface area contributed by atoms with Gasteiger partial charge in [-0.05, 0) is 91.3 Å². The van der Waals surface area contributed by atoms with E-state index in [4.69, 9.17) is 0 Å². The van der Waals surface area contributed by atoms with E-state index in [1.807, 2.05) is 0 Å². The Morgan fingerprint density at radius 1 is 0.661 bits per heavy atom. The zero-order valence-electron chi connectivity index (χ0n) is 31.6. The Labute approximate surface area is 330 Å². The second-order valence-corrected chi connectivity index (χ2v) is 16.0. The molecule has 5 aromatic rings. The monoisotopic (exact) mass is 730 g/mol. The number of fused-ring (bicyclic) bond motifs is 7. The third-order valence-corrected chi connectivity index (χ3v) is 12.9.